The maximum absolute atomic E-state index is 12.2. The highest BCUT2D eigenvalue weighted by Crippen LogP contribution is 2.34. The number of β-amino-alcohol motifs (C(OH)–C–C–N with tert-alkyl or cyclic N) is 1. The summed E-state index contributed by atoms with van der Waals surface area (Å²) in [4.78, 5) is 14.4. The Hall–Kier alpha value is -2.42. The topological polar surface area (TPSA) is 96.4 Å². The average Bonchev–Trinajstić information content (AvgIpc) is 3.17. The first-order chi connectivity index (χ1) is 17.1. The van der Waals surface area contributed by atoms with Gasteiger partial charge in [0.15, 0.2) is 0 Å². The van der Waals surface area contributed by atoms with Crippen LogP contribution in [0.1, 0.15) is 44.1 Å². The maximum Gasteiger partial charge on any atom is 0.237 e. The Balaban J connectivity index is 1.61. The zero-order valence-electron chi connectivity index (χ0n) is 20.8. The predicted octanol–water partition coefficient (Wildman–Crippen LogP) is 4.51. The summed E-state index contributed by atoms with van der Waals surface area (Å²) in [7, 11) is 0. The molecule has 0 saturated carbocycles. The summed E-state index contributed by atoms with van der Waals surface area (Å²) < 4.78 is 1.79. The molecule has 1 aliphatic rings. The van der Waals surface area contributed by atoms with E-state index in [-0.39, 0.29) is 11.9 Å². The van der Waals surface area contributed by atoms with Crippen LogP contribution in [0.25, 0.3) is 16.9 Å². The summed E-state index contributed by atoms with van der Waals surface area (Å²) in [5, 5.41) is 20.7. The van der Waals surface area contributed by atoms with E-state index in [0.717, 1.165) is 22.5 Å². The third-order valence-corrected chi connectivity index (χ3v) is 7.42. The molecule has 1 amide bonds. The lowest BCUT2D eigenvalue weighted by molar-refractivity contribution is -0.127. The number of nitrogens with one attached hydrogen (secondary N) is 1. The molecule has 2 heterocycles. The number of nitrogens with zero attached hydrogens (tertiary/aromatic N) is 3. The fourth-order valence-corrected chi connectivity index (χ4v) is 5.38. The minimum absolute atomic E-state index is 0.150. The first-order valence-electron chi connectivity index (χ1n) is 12.2. The van der Waals surface area contributed by atoms with Crippen LogP contribution in [0.2, 0.25) is 10.0 Å². The van der Waals surface area contributed by atoms with E-state index in [1.807, 2.05) is 69.3 Å². The molecule has 4 N–H and O–H groups in total. The summed E-state index contributed by atoms with van der Waals surface area (Å²) in [6.07, 6.45) is 0.367. The molecule has 192 valence electrons. The van der Waals surface area contributed by atoms with Gasteiger partial charge in [-0.1, -0.05) is 47.5 Å². The quantitative estimate of drug-likeness (QED) is 0.399. The maximum atomic E-state index is 12.2. The Morgan fingerprint density at radius 3 is 2.36 bits per heavy atom. The number of hydrogen-bond acceptors (Lipinski definition) is 5. The van der Waals surface area contributed by atoms with Crippen LogP contribution in [-0.2, 0) is 4.79 Å². The monoisotopic (exact) mass is 529 g/mol. The molecular formula is C27H33Cl2N5O2. The largest absolute Gasteiger partial charge is 0.385 e. The fourth-order valence-electron chi connectivity index (χ4n) is 5.04. The summed E-state index contributed by atoms with van der Waals surface area (Å²) in [6, 6.07) is 15.2. The number of aliphatic hydroxyl groups excluding tert-OH is 1. The summed E-state index contributed by atoms with van der Waals surface area (Å²) in [6.45, 7) is 7.68. The third-order valence-electron chi connectivity index (χ3n) is 6.85. The van der Waals surface area contributed by atoms with Gasteiger partial charge in [0.25, 0.3) is 0 Å². The Morgan fingerprint density at radius 1 is 1.14 bits per heavy atom. The first kappa shape index (κ1) is 26.6. The third kappa shape index (κ3) is 5.45. The van der Waals surface area contributed by atoms with E-state index >= 15 is 0 Å². The number of primary amides is 1. The number of likely N-dealkylation sites (tertiary alicyclic amines) is 1. The first-order valence-corrected chi connectivity index (χ1v) is 13.0. The van der Waals surface area contributed by atoms with Crippen LogP contribution in [0.15, 0.2) is 48.5 Å². The number of benzene rings is 2. The molecule has 1 unspecified atom stereocenters. The average molecular weight is 531 g/mol. The van der Waals surface area contributed by atoms with Gasteiger partial charge in [-0.25, -0.2) is 4.68 Å². The van der Waals surface area contributed by atoms with E-state index in [4.69, 9.17) is 34.0 Å². The van der Waals surface area contributed by atoms with E-state index in [0.29, 0.717) is 48.2 Å². The van der Waals surface area contributed by atoms with Gasteiger partial charge in [-0.05, 0) is 57.9 Å². The minimum atomic E-state index is -0.820. The fraction of sp³-hybridized carbons (Fsp3) is 0.407. The molecule has 1 fully saturated rings. The Labute approximate surface area is 222 Å². The van der Waals surface area contributed by atoms with E-state index < -0.39 is 11.6 Å². The number of nitrogens with two attached hydrogens (primary N) is 1. The normalized spacial score (nSPS) is 16.9. The molecule has 36 heavy (non-hydrogen) atoms. The number of piperidine rings is 1. The van der Waals surface area contributed by atoms with Gasteiger partial charge in [0.2, 0.25) is 5.91 Å². The van der Waals surface area contributed by atoms with E-state index in [9.17, 15) is 9.90 Å². The van der Waals surface area contributed by atoms with Crippen molar-refractivity contribution in [3.63, 3.8) is 0 Å². The molecule has 3 aromatic rings. The van der Waals surface area contributed by atoms with E-state index in [2.05, 4.69) is 10.2 Å². The van der Waals surface area contributed by atoms with Crippen LogP contribution in [0.4, 0.5) is 0 Å². The van der Waals surface area contributed by atoms with Gasteiger partial charge in [-0.15, -0.1) is 0 Å². The lowest BCUT2D eigenvalue weighted by atomic mass is 9.85. The molecule has 1 aliphatic heterocycles. The molecule has 1 saturated heterocycles. The predicted molar refractivity (Wildman–Crippen MR) is 145 cm³/mol. The molecule has 0 radical (unpaired) electrons. The van der Waals surface area contributed by atoms with Crippen LogP contribution in [0, 0.1) is 6.92 Å². The van der Waals surface area contributed by atoms with Crippen molar-refractivity contribution in [2.45, 2.75) is 51.3 Å². The minimum Gasteiger partial charge on any atom is -0.385 e. The summed E-state index contributed by atoms with van der Waals surface area (Å²) in [5.74, 6) is -0.321. The standard InChI is InChI=1S/C27H33Cl2N5O2/c1-17(2)31-27(26(30)36)12-14-33(15-13-27)16-23(35)24-18(3)25(19-8-10-20(28)11-9-19)34(32-24)22-7-5-4-6-21(22)29/h4-11,17,23,31,35H,12-16H2,1-3H3,(H2,30,36). The summed E-state index contributed by atoms with van der Waals surface area (Å²) >= 11 is 12.7. The number of carbonyl (C=O) groups is 1. The number of carbonyl (C=O) groups excluding carboxylic acids is 1. The number of hydrogen-bond donors (Lipinski definition) is 3. The van der Waals surface area contributed by atoms with Crippen LogP contribution in [-0.4, -0.2) is 56.9 Å². The van der Waals surface area contributed by atoms with Gasteiger partial charge in [-0.3, -0.25) is 4.79 Å². The number of para-hydroxylation sites is 1. The van der Waals surface area contributed by atoms with Crippen LogP contribution in [0.5, 0.6) is 0 Å². The van der Waals surface area contributed by atoms with Crippen molar-refractivity contribution in [1.29, 1.82) is 0 Å². The van der Waals surface area contributed by atoms with Gasteiger partial charge in [0.05, 0.1) is 22.1 Å². The number of halogens is 2. The second-order valence-corrected chi connectivity index (χ2v) is 10.6. The van der Waals surface area contributed by atoms with Crippen LogP contribution >= 0.6 is 23.2 Å². The highest BCUT2D eigenvalue weighted by atomic mass is 35.5. The molecule has 2 aromatic carbocycles. The molecule has 0 spiro atoms. The smallest absolute Gasteiger partial charge is 0.237 e. The van der Waals surface area contributed by atoms with Gasteiger partial charge in [0.1, 0.15) is 11.6 Å². The van der Waals surface area contributed by atoms with Crippen LogP contribution < -0.4 is 11.1 Å². The number of amides is 1. The number of aromatic nitrogens is 2. The Morgan fingerprint density at radius 2 is 1.78 bits per heavy atom. The van der Waals surface area contributed by atoms with Crippen molar-refractivity contribution in [3.05, 3.63) is 69.8 Å². The van der Waals surface area contributed by atoms with Gasteiger partial charge in [0, 0.05) is 41.8 Å². The second-order valence-electron chi connectivity index (χ2n) is 9.79. The Kier molecular flexibility index (Phi) is 8.07. The molecule has 7 nitrogen and oxygen atoms in total. The van der Waals surface area contributed by atoms with Gasteiger partial charge >= 0.3 is 0 Å². The molecule has 0 bridgehead atoms. The molecule has 4 rings (SSSR count). The van der Waals surface area contributed by atoms with Crippen molar-refractivity contribution in [2.24, 2.45) is 5.73 Å². The van der Waals surface area contributed by atoms with E-state index in [1.165, 1.54) is 0 Å². The van der Waals surface area contributed by atoms with Crippen molar-refractivity contribution >= 4 is 29.1 Å². The molecule has 1 atom stereocenters. The van der Waals surface area contributed by atoms with Crippen molar-refractivity contribution in [1.82, 2.24) is 20.0 Å². The zero-order valence-corrected chi connectivity index (χ0v) is 22.4. The highest BCUT2D eigenvalue weighted by Gasteiger charge is 2.40. The van der Waals surface area contributed by atoms with E-state index in [1.54, 1.807) is 4.68 Å². The second kappa shape index (κ2) is 10.9. The van der Waals surface area contributed by atoms with Crippen LogP contribution in [0.3, 0.4) is 0 Å². The summed E-state index contributed by atoms with van der Waals surface area (Å²) in [5.41, 5.74) is 9.01. The van der Waals surface area contributed by atoms with Crippen molar-refractivity contribution < 1.29 is 9.90 Å². The lowest BCUT2D eigenvalue weighted by Gasteiger charge is -2.41. The zero-order chi connectivity index (χ0) is 26.0. The number of rotatable bonds is 8. The highest BCUT2D eigenvalue weighted by molar-refractivity contribution is 6.32. The number of aliphatic hydroxyl groups is 1. The molecule has 9 heteroatoms. The lowest BCUT2D eigenvalue weighted by Crippen LogP contribution is -2.62. The van der Waals surface area contributed by atoms with Crippen molar-refractivity contribution in [2.75, 3.05) is 19.6 Å². The van der Waals surface area contributed by atoms with Crippen molar-refractivity contribution in [3.8, 4) is 16.9 Å². The molecule has 0 aliphatic carbocycles. The van der Waals surface area contributed by atoms with Gasteiger partial charge in [-0.2, -0.15) is 5.10 Å². The van der Waals surface area contributed by atoms with Gasteiger partial charge < -0.3 is 21.1 Å². The SMILES string of the molecule is Cc1c(C(O)CN2CCC(NC(C)C)(C(N)=O)CC2)nn(-c2ccccc2Cl)c1-c1ccc(Cl)cc1. The Bertz CT molecular complexity index is 1220. The molecule has 1 aromatic heterocycles. The molecular weight excluding hydrogens is 497 g/mol.